The largest absolute Gasteiger partial charge is 0.465 e. The zero-order valence-corrected chi connectivity index (χ0v) is 20.5. The molecule has 2 aromatic heterocycles. The fourth-order valence-electron chi connectivity index (χ4n) is 4.69. The molecule has 0 bridgehead atoms. The van der Waals surface area contributed by atoms with E-state index in [1.165, 1.54) is 0 Å². The number of rotatable bonds is 6. The van der Waals surface area contributed by atoms with E-state index in [1.807, 2.05) is 28.9 Å². The number of fused-ring (bicyclic) bond motifs is 1. The van der Waals surface area contributed by atoms with E-state index < -0.39 is 6.09 Å². The van der Waals surface area contributed by atoms with Crippen LogP contribution in [0.1, 0.15) is 45.3 Å². The molecule has 1 unspecified atom stereocenters. The molecule has 0 spiro atoms. The van der Waals surface area contributed by atoms with Crippen LogP contribution in [0.4, 0.5) is 22.1 Å². The zero-order chi connectivity index (χ0) is 24.4. The summed E-state index contributed by atoms with van der Waals surface area (Å²) in [6, 6.07) is 7.52. The van der Waals surface area contributed by atoms with E-state index in [4.69, 9.17) is 36.5 Å². The van der Waals surface area contributed by atoms with Crippen LogP contribution in [0.2, 0.25) is 5.02 Å². The van der Waals surface area contributed by atoms with E-state index in [-0.39, 0.29) is 11.6 Å². The second kappa shape index (κ2) is 9.87. The highest BCUT2D eigenvalue weighted by atomic mass is 35.5. The van der Waals surface area contributed by atoms with Gasteiger partial charge < -0.3 is 25.4 Å². The zero-order valence-electron chi connectivity index (χ0n) is 19.7. The van der Waals surface area contributed by atoms with E-state index in [2.05, 4.69) is 22.5 Å². The van der Waals surface area contributed by atoms with E-state index >= 15 is 0 Å². The van der Waals surface area contributed by atoms with Gasteiger partial charge in [0.2, 0.25) is 0 Å². The van der Waals surface area contributed by atoms with Gasteiger partial charge in [-0.05, 0) is 49.7 Å². The molecule has 2 saturated heterocycles. The van der Waals surface area contributed by atoms with Crippen LogP contribution in [0.3, 0.4) is 0 Å². The van der Waals surface area contributed by atoms with Gasteiger partial charge in [0.15, 0.2) is 23.2 Å². The molecule has 2 fully saturated rings. The summed E-state index contributed by atoms with van der Waals surface area (Å²) in [6.45, 7) is 4.82. The summed E-state index contributed by atoms with van der Waals surface area (Å²) in [7, 11) is 0. The van der Waals surface area contributed by atoms with Crippen LogP contribution in [0.5, 0.6) is 0 Å². The smallest absolute Gasteiger partial charge is 0.404 e. The second-order valence-corrected chi connectivity index (χ2v) is 9.98. The predicted octanol–water partition coefficient (Wildman–Crippen LogP) is 4.80. The minimum absolute atomic E-state index is 0.0732. The van der Waals surface area contributed by atoms with Gasteiger partial charge in [0, 0.05) is 26.2 Å². The number of carbonyl (C=O) groups is 1. The number of aromatic nitrogens is 4. The maximum atomic E-state index is 10.9. The number of nitrogens with one attached hydrogen (secondary N) is 2. The maximum absolute atomic E-state index is 10.9. The van der Waals surface area contributed by atoms with E-state index in [0.717, 1.165) is 56.7 Å². The lowest BCUT2D eigenvalue weighted by Crippen LogP contribution is -2.44. The topological polar surface area (TPSA) is 117 Å². The van der Waals surface area contributed by atoms with Gasteiger partial charge >= 0.3 is 6.09 Å². The Morgan fingerprint density at radius 1 is 1.29 bits per heavy atom. The molecule has 5 rings (SSSR count). The monoisotopic (exact) mass is 499 g/mol. The molecule has 4 heterocycles. The normalized spacial score (nSPS) is 20.1. The third kappa shape index (κ3) is 5.13. The van der Waals surface area contributed by atoms with Crippen molar-refractivity contribution in [3.8, 4) is 0 Å². The standard InChI is InChI=1S/C24H30ClN7O3/c1-24(15-27-23(33)34)9-11-31(12-10-24)18-14-26-20-21(28-17-7-3-2-6-16(17)25)30-32(22(20)29-18)19-8-4-5-13-35-19/h2-3,6-7,14,19,27H,4-5,8-13,15H2,1H3,(H,28,30)(H,33,34). The van der Waals surface area contributed by atoms with E-state index in [0.29, 0.717) is 35.2 Å². The Kier molecular flexibility index (Phi) is 6.66. The van der Waals surface area contributed by atoms with Gasteiger partial charge in [0.05, 0.1) is 16.9 Å². The number of nitrogens with zero attached hydrogens (tertiary/aromatic N) is 5. The summed E-state index contributed by atoms with van der Waals surface area (Å²) in [5, 5.41) is 20.2. The van der Waals surface area contributed by atoms with Crippen LogP contribution >= 0.6 is 11.6 Å². The number of benzene rings is 1. The van der Waals surface area contributed by atoms with E-state index in [9.17, 15) is 4.79 Å². The average molecular weight is 500 g/mol. The van der Waals surface area contributed by atoms with Gasteiger partial charge in [0.25, 0.3) is 0 Å². The van der Waals surface area contributed by atoms with Crippen LogP contribution in [0.25, 0.3) is 11.2 Å². The van der Waals surface area contributed by atoms with Crippen LogP contribution in [0.15, 0.2) is 30.5 Å². The molecule has 3 N–H and O–H groups in total. The lowest BCUT2D eigenvalue weighted by molar-refractivity contribution is -0.0368. The van der Waals surface area contributed by atoms with Crippen molar-refractivity contribution in [1.29, 1.82) is 0 Å². The summed E-state index contributed by atoms with van der Waals surface area (Å²) in [6.07, 6.45) is 5.31. The Morgan fingerprint density at radius 2 is 2.09 bits per heavy atom. The van der Waals surface area contributed by atoms with Crippen molar-refractivity contribution in [3.05, 3.63) is 35.5 Å². The molecule has 1 amide bonds. The second-order valence-electron chi connectivity index (χ2n) is 9.58. The average Bonchev–Trinajstić information content (AvgIpc) is 3.23. The highest BCUT2D eigenvalue weighted by molar-refractivity contribution is 6.33. The lowest BCUT2D eigenvalue weighted by atomic mass is 9.80. The summed E-state index contributed by atoms with van der Waals surface area (Å²) >= 11 is 6.37. The maximum Gasteiger partial charge on any atom is 0.404 e. The van der Waals surface area contributed by atoms with Crippen molar-refractivity contribution in [1.82, 2.24) is 25.1 Å². The molecule has 186 valence electrons. The number of halogens is 1. The first kappa shape index (κ1) is 23.6. The van der Waals surface area contributed by atoms with Gasteiger partial charge in [0.1, 0.15) is 5.82 Å². The number of anilines is 3. The number of carboxylic acid groups (broad SMARTS) is 1. The number of piperidine rings is 1. The number of hydrogen-bond acceptors (Lipinski definition) is 7. The summed E-state index contributed by atoms with van der Waals surface area (Å²) in [4.78, 5) is 22.9. The third-order valence-corrected chi connectivity index (χ3v) is 7.24. The van der Waals surface area contributed by atoms with Gasteiger partial charge in [-0.1, -0.05) is 30.7 Å². The van der Waals surface area contributed by atoms with Gasteiger partial charge in [-0.25, -0.2) is 19.4 Å². The van der Waals surface area contributed by atoms with Crippen LogP contribution in [-0.4, -0.2) is 57.2 Å². The quantitative estimate of drug-likeness (QED) is 0.443. The molecule has 35 heavy (non-hydrogen) atoms. The van der Waals surface area contributed by atoms with Crippen molar-refractivity contribution in [2.45, 2.75) is 45.3 Å². The highest BCUT2D eigenvalue weighted by Crippen LogP contribution is 2.35. The Balaban J connectivity index is 1.43. The lowest BCUT2D eigenvalue weighted by Gasteiger charge is -2.39. The molecule has 10 nitrogen and oxygen atoms in total. The molecular weight excluding hydrogens is 470 g/mol. The first-order chi connectivity index (χ1) is 16.9. The fourth-order valence-corrected chi connectivity index (χ4v) is 4.87. The summed E-state index contributed by atoms with van der Waals surface area (Å²) in [5.41, 5.74) is 2.01. The Hall–Kier alpha value is -3.11. The van der Waals surface area contributed by atoms with Crippen LogP contribution < -0.4 is 15.5 Å². The molecular formula is C24H30ClN7O3. The van der Waals surface area contributed by atoms with Crippen molar-refractivity contribution in [2.24, 2.45) is 5.41 Å². The molecule has 0 radical (unpaired) electrons. The Labute approximate surface area is 208 Å². The predicted molar refractivity (Wildman–Crippen MR) is 134 cm³/mol. The number of amides is 1. The molecule has 0 aliphatic carbocycles. The van der Waals surface area contributed by atoms with Crippen molar-refractivity contribution < 1.29 is 14.6 Å². The van der Waals surface area contributed by atoms with Crippen LogP contribution in [0, 0.1) is 5.41 Å². The first-order valence-corrected chi connectivity index (χ1v) is 12.4. The molecule has 2 aliphatic heterocycles. The first-order valence-electron chi connectivity index (χ1n) is 12.0. The minimum Gasteiger partial charge on any atom is -0.465 e. The third-order valence-electron chi connectivity index (χ3n) is 6.91. The molecule has 11 heteroatoms. The Morgan fingerprint density at radius 3 is 2.80 bits per heavy atom. The van der Waals surface area contributed by atoms with Crippen LogP contribution in [-0.2, 0) is 4.74 Å². The Bertz CT molecular complexity index is 1200. The minimum atomic E-state index is -0.982. The number of para-hydroxylation sites is 1. The van der Waals surface area contributed by atoms with Crippen molar-refractivity contribution >= 4 is 46.2 Å². The van der Waals surface area contributed by atoms with Gasteiger partial charge in [-0.15, -0.1) is 5.10 Å². The molecule has 1 aromatic carbocycles. The van der Waals surface area contributed by atoms with Gasteiger partial charge in [-0.3, -0.25) is 0 Å². The van der Waals surface area contributed by atoms with E-state index in [1.54, 1.807) is 6.20 Å². The number of hydrogen-bond donors (Lipinski definition) is 3. The molecule has 3 aromatic rings. The fraction of sp³-hybridized carbons (Fsp3) is 0.500. The number of ether oxygens (including phenoxy) is 1. The molecule has 2 aliphatic rings. The SMILES string of the molecule is CC1(CNC(=O)O)CCN(c2cnc3c(Nc4ccccc4Cl)nn(C4CCCCO4)c3n2)CC1. The van der Waals surface area contributed by atoms with Crippen molar-refractivity contribution in [3.63, 3.8) is 0 Å². The highest BCUT2D eigenvalue weighted by Gasteiger charge is 2.32. The summed E-state index contributed by atoms with van der Waals surface area (Å²) in [5.74, 6) is 1.37. The molecule has 0 saturated carbocycles. The summed E-state index contributed by atoms with van der Waals surface area (Å²) < 4.78 is 7.87. The van der Waals surface area contributed by atoms with Crippen molar-refractivity contribution in [2.75, 3.05) is 36.5 Å². The molecule has 1 atom stereocenters. The van der Waals surface area contributed by atoms with Gasteiger partial charge in [-0.2, -0.15) is 0 Å².